The van der Waals surface area contributed by atoms with Gasteiger partial charge in [0.2, 0.25) is 0 Å². The molecule has 1 heterocycles. The van der Waals surface area contributed by atoms with E-state index in [4.69, 9.17) is 4.74 Å². The molecule has 0 aliphatic carbocycles. The molecule has 0 bridgehead atoms. The fourth-order valence-corrected chi connectivity index (χ4v) is 3.34. The van der Waals surface area contributed by atoms with E-state index in [0.717, 1.165) is 5.56 Å². The molecule has 0 saturated carbocycles. The molecule has 1 aliphatic rings. The molecule has 1 saturated heterocycles. The van der Waals surface area contributed by atoms with Gasteiger partial charge in [0.05, 0.1) is 24.2 Å². The van der Waals surface area contributed by atoms with Gasteiger partial charge >= 0.3 is 0 Å². The molecule has 7 heteroatoms. The first-order valence-electron chi connectivity index (χ1n) is 7.95. The maximum atomic E-state index is 12.6. The second-order valence-corrected chi connectivity index (χ2v) is 7.68. The van der Waals surface area contributed by atoms with E-state index >= 15 is 0 Å². The Hall–Kier alpha value is -1.44. The summed E-state index contributed by atoms with van der Waals surface area (Å²) in [5.41, 5.74) is 1.02. The summed E-state index contributed by atoms with van der Waals surface area (Å²) in [6.07, 6.45) is 0. The molecule has 0 amide bonds. The van der Waals surface area contributed by atoms with Gasteiger partial charge in [0.25, 0.3) is 10.0 Å². The number of nitrogens with two attached hydrogens (primary N) is 1. The molecule has 0 aromatic heterocycles. The van der Waals surface area contributed by atoms with Crippen LogP contribution in [0, 0.1) is 6.92 Å². The van der Waals surface area contributed by atoms with E-state index in [-0.39, 0.29) is 4.90 Å². The van der Waals surface area contributed by atoms with E-state index in [0.29, 0.717) is 44.7 Å². The van der Waals surface area contributed by atoms with Gasteiger partial charge in [0.15, 0.2) is 5.84 Å². The van der Waals surface area contributed by atoms with E-state index in [1.165, 1.54) is 0 Å². The van der Waals surface area contributed by atoms with Crippen LogP contribution >= 0.6 is 0 Å². The number of hydrogen-bond donors (Lipinski definition) is 1. The zero-order chi connectivity index (χ0) is 16.9. The van der Waals surface area contributed by atoms with E-state index in [2.05, 4.69) is 23.6 Å². The summed E-state index contributed by atoms with van der Waals surface area (Å²) in [5.74, 6) is 0.600. The predicted molar refractivity (Wildman–Crippen MR) is 90.1 cm³/mol. The third kappa shape index (κ3) is 5.30. The number of nitrogens with zero attached hydrogens (tertiary/aromatic N) is 2. The number of sulfonamides is 1. The molecule has 23 heavy (non-hydrogen) atoms. The van der Waals surface area contributed by atoms with Crippen LogP contribution in [-0.4, -0.2) is 58.0 Å². The molecule has 2 rings (SSSR count). The SMILES string of the molecule is Cc1ccc(S(=O)(=O)N=C(C[NH2+]C(C)C)N2CCOCC2)cc1. The van der Waals surface area contributed by atoms with E-state index in [9.17, 15) is 8.42 Å². The molecule has 1 aromatic carbocycles. The van der Waals surface area contributed by atoms with Gasteiger partial charge in [-0.25, -0.2) is 0 Å². The predicted octanol–water partition coefficient (Wildman–Crippen LogP) is 0.386. The Balaban J connectivity index is 2.27. The topological polar surface area (TPSA) is 75.6 Å². The van der Waals surface area contributed by atoms with Crippen molar-refractivity contribution in [3.8, 4) is 0 Å². The van der Waals surface area contributed by atoms with Crippen LogP contribution in [0.3, 0.4) is 0 Å². The second-order valence-electron chi connectivity index (χ2n) is 6.08. The van der Waals surface area contributed by atoms with E-state index in [1.54, 1.807) is 24.3 Å². The zero-order valence-electron chi connectivity index (χ0n) is 14.0. The molecule has 6 nitrogen and oxygen atoms in total. The summed E-state index contributed by atoms with van der Waals surface area (Å²) < 4.78 is 34.6. The smallest absolute Gasteiger partial charge is 0.284 e. The van der Waals surface area contributed by atoms with Gasteiger partial charge in [-0.1, -0.05) is 17.7 Å². The number of benzene rings is 1. The Bertz CT molecular complexity index is 633. The van der Waals surface area contributed by atoms with Crippen LogP contribution in [0.25, 0.3) is 0 Å². The van der Waals surface area contributed by atoms with Crippen LogP contribution in [0.2, 0.25) is 0 Å². The Morgan fingerprint density at radius 1 is 1.26 bits per heavy atom. The van der Waals surface area contributed by atoms with Crippen LogP contribution < -0.4 is 5.32 Å². The monoisotopic (exact) mass is 340 g/mol. The van der Waals surface area contributed by atoms with Crippen molar-refractivity contribution in [3.05, 3.63) is 29.8 Å². The van der Waals surface area contributed by atoms with Gasteiger partial charge in [0.1, 0.15) is 6.54 Å². The lowest BCUT2D eigenvalue weighted by atomic mass is 10.2. The first-order chi connectivity index (χ1) is 10.9. The van der Waals surface area contributed by atoms with E-state index in [1.807, 2.05) is 11.8 Å². The maximum Gasteiger partial charge on any atom is 0.284 e. The second kappa shape index (κ2) is 7.90. The number of quaternary nitrogens is 1. The summed E-state index contributed by atoms with van der Waals surface area (Å²) in [6, 6.07) is 7.17. The maximum absolute atomic E-state index is 12.6. The summed E-state index contributed by atoms with van der Waals surface area (Å²) in [5, 5.41) is 2.08. The minimum atomic E-state index is -3.69. The molecule has 1 fully saturated rings. The summed E-state index contributed by atoms with van der Waals surface area (Å²) in [7, 11) is -3.69. The molecule has 2 N–H and O–H groups in total. The summed E-state index contributed by atoms with van der Waals surface area (Å²) >= 11 is 0. The lowest BCUT2D eigenvalue weighted by Gasteiger charge is -2.29. The van der Waals surface area contributed by atoms with Gasteiger partial charge in [-0.2, -0.15) is 8.42 Å². The number of aryl methyl sites for hydroxylation is 1. The number of hydrogen-bond acceptors (Lipinski definition) is 3. The average molecular weight is 340 g/mol. The largest absolute Gasteiger partial charge is 0.378 e. The van der Waals surface area contributed by atoms with Crippen molar-refractivity contribution in [1.82, 2.24) is 4.90 Å². The van der Waals surface area contributed by atoms with Gasteiger partial charge in [0, 0.05) is 13.1 Å². The molecular weight excluding hydrogens is 314 g/mol. The number of rotatable bonds is 5. The number of amidine groups is 1. The van der Waals surface area contributed by atoms with Gasteiger partial charge in [-0.05, 0) is 32.9 Å². The van der Waals surface area contributed by atoms with Crippen LogP contribution in [0.15, 0.2) is 33.6 Å². The zero-order valence-corrected chi connectivity index (χ0v) is 14.8. The normalized spacial score (nSPS) is 16.9. The van der Waals surface area contributed by atoms with Crippen molar-refractivity contribution in [1.29, 1.82) is 0 Å². The highest BCUT2D eigenvalue weighted by Gasteiger charge is 2.21. The Labute approximate surface area is 138 Å². The standard InChI is InChI=1S/C16H25N3O3S/c1-13(2)17-12-16(19-8-10-22-11-9-19)18-23(20,21)15-6-4-14(3)5-7-15/h4-7,13,17H,8-12H2,1-3H3/p+1. The highest BCUT2D eigenvalue weighted by atomic mass is 32.2. The molecule has 0 radical (unpaired) electrons. The molecule has 0 atom stereocenters. The van der Waals surface area contributed by atoms with Crippen LogP contribution in [0.4, 0.5) is 0 Å². The van der Waals surface area contributed by atoms with Crippen LogP contribution in [-0.2, 0) is 14.8 Å². The van der Waals surface area contributed by atoms with Crippen molar-refractivity contribution in [2.45, 2.75) is 31.7 Å². The minimum absolute atomic E-state index is 0.235. The molecular formula is C16H26N3O3S+. The van der Waals surface area contributed by atoms with Gasteiger partial charge in [-0.3, -0.25) is 0 Å². The molecule has 0 unspecified atom stereocenters. The fourth-order valence-electron chi connectivity index (χ4n) is 2.29. The summed E-state index contributed by atoms with van der Waals surface area (Å²) in [6.45, 7) is 9.18. The highest BCUT2D eigenvalue weighted by Crippen LogP contribution is 2.14. The first kappa shape index (κ1) is 17.9. The Kier molecular flexibility index (Phi) is 6.15. The third-order valence-electron chi connectivity index (χ3n) is 3.69. The quantitative estimate of drug-likeness (QED) is 0.621. The van der Waals surface area contributed by atoms with Crippen molar-refractivity contribution < 1.29 is 18.5 Å². The fraction of sp³-hybridized carbons (Fsp3) is 0.562. The minimum Gasteiger partial charge on any atom is -0.378 e. The molecule has 1 aromatic rings. The van der Waals surface area contributed by atoms with Gasteiger partial charge in [-0.15, -0.1) is 4.40 Å². The van der Waals surface area contributed by atoms with Crippen molar-refractivity contribution in [3.63, 3.8) is 0 Å². The molecule has 1 aliphatic heterocycles. The van der Waals surface area contributed by atoms with Crippen LogP contribution in [0.1, 0.15) is 19.4 Å². The van der Waals surface area contributed by atoms with Crippen molar-refractivity contribution in [2.24, 2.45) is 4.40 Å². The summed E-state index contributed by atoms with van der Waals surface area (Å²) in [4.78, 5) is 2.24. The van der Waals surface area contributed by atoms with Crippen molar-refractivity contribution >= 4 is 15.9 Å². The Morgan fingerprint density at radius 3 is 2.43 bits per heavy atom. The first-order valence-corrected chi connectivity index (χ1v) is 9.39. The lowest BCUT2D eigenvalue weighted by molar-refractivity contribution is -0.671. The molecule has 128 valence electrons. The van der Waals surface area contributed by atoms with E-state index < -0.39 is 10.0 Å². The van der Waals surface area contributed by atoms with Crippen LogP contribution in [0.5, 0.6) is 0 Å². The highest BCUT2D eigenvalue weighted by molar-refractivity contribution is 7.90. The third-order valence-corrected chi connectivity index (χ3v) is 5.01. The lowest BCUT2D eigenvalue weighted by Crippen LogP contribution is -2.90. The number of ether oxygens (including phenoxy) is 1. The average Bonchev–Trinajstić information content (AvgIpc) is 2.52. The number of morpholine rings is 1. The van der Waals surface area contributed by atoms with Crippen molar-refractivity contribution in [2.75, 3.05) is 32.8 Å². The Morgan fingerprint density at radius 2 is 1.87 bits per heavy atom. The van der Waals surface area contributed by atoms with Gasteiger partial charge < -0.3 is 15.0 Å². The molecule has 0 spiro atoms.